The van der Waals surface area contributed by atoms with Crippen molar-refractivity contribution in [3.63, 3.8) is 0 Å². The van der Waals surface area contributed by atoms with Gasteiger partial charge in [-0.15, -0.1) is 0 Å². The molecule has 4 N–H and O–H groups in total. The number of amides is 3. The second-order valence-electron chi connectivity index (χ2n) is 17.2. The van der Waals surface area contributed by atoms with E-state index in [4.69, 9.17) is 23.7 Å². The van der Waals surface area contributed by atoms with Gasteiger partial charge in [-0.25, -0.2) is 0 Å². The van der Waals surface area contributed by atoms with Crippen LogP contribution in [0.4, 0.5) is 0 Å². The zero-order valence-corrected chi connectivity index (χ0v) is 38.7. The lowest BCUT2D eigenvalue weighted by atomic mass is 9.78. The van der Waals surface area contributed by atoms with Crippen LogP contribution in [-0.2, 0) is 40.6 Å². The van der Waals surface area contributed by atoms with Gasteiger partial charge < -0.3 is 49.5 Å². The molecule has 3 amide bonds. The van der Waals surface area contributed by atoms with Crippen LogP contribution < -0.4 is 25.4 Å². The van der Waals surface area contributed by atoms with Crippen LogP contribution in [0.15, 0.2) is 78.5 Å². The number of rotatable bonds is 27. The lowest BCUT2D eigenvalue weighted by molar-refractivity contribution is -0.123. The van der Waals surface area contributed by atoms with E-state index in [2.05, 4.69) is 46.3 Å². The number of hydrogen-bond acceptors (Lipinski definition) is 11. The Kier molecular flexibility index (Phi) is 17.2. The molecule has 4 atom stereocenters. The highest BCUT2D eigenvalue weighted by atomic mass is 32.2. The molecule has 2 aromatic carbocycles. The number of ketones is 1. The number of allylic oxidation sites excluding steroid dienone is 2. The molecule has 3 aromatic rings. The third-order valence-corrected chi connectivity index (χ3v) is 14.4. The molecule has 1 aromatic heterocycles. The lowest BCUT2D eigenvalue weighted by Gasteiger charge is -2.47. The van der Waals surface area contributed by atoms with Gasteiger partial charge in [0.15, 0.2) is 12.4 Å². The zero-order chi connectivity index (χ0) is 45.6. The molecular weight excluding hydrogens is 847 g/mol. The van der Waals surface area contributed by atoms with Gasteiger partial charge in [0.25, 0.3) is 5.91 Å². The van der Waals surface area contributed by atoms with Crippen molar-refractivity contribution in [3.8, 4) is 11.5 Å². The predicted octanol–water partition coefficient (Wildman–Crippen LogP) is 6.15. The Balaban J connectivity index is 0.711. The Morgan fingerprint density at radius 3 is 2.45 bits per heavy atom. The van der Waals surface area contributed by atoms with Gasteiger partial charge in [0.05, 0.1) is 37.5 Å². The SMILES string of the molecule is C=CCOc1ccccc1C(=O)C1=CN2CCc3c([nH]c4ccc(OCC(=O)NCCCOCCOCCOCCCNC(=O)CCCC[C@@H]5SC[C@@H]6NC(=O)C[C@@H]65)cc34)C2(C)C(C)=C1. The molecule has 15 heteroatoms. The first kappa shape index (κ1) is 47.9. The first-order chi connectivity index (χ1) is 31.6. The van der Waals surface area contributed by atoms with Crippen molar-refractivity contribution >= 4 is 46.2 Å². The highest BCUT2D eigenvalue weighted by molar-refractivity contribution is 8.00. The largest absolute Gasteiger partial charge is 0.489 e. The van der Waals surface area contributed by atoms with E-state index < -0.39 is 5.54 Å². The summed E-state index contributed by atoms with van der Waals surface area (Å²) >= 11 is 1.97. The Bertz CT molecular complexity index is 2220. The summed E-state index contributed by atoms with van der Waals surface area (Å²) in [6.45, 7) is 12.9. The predicted molar refractivity (Wildman–Crippen MR) is 252 cm³/mol. The van der Waals surface area contributed by atoms with Gasteiger partial charge in [0.2, 0.25) is 11.8 Å². The number of hydrogen-bond donors (Lipinski definition) is 4. The molecular formula is C50H65N5O9S. The minimum Gasteiger partial charge on any atom is -0.489 e. The van der Waals surface area contributed by atoms with Crippen molar-refractivity contribution in [1.29, 1.82) is 0 Å². The van der Waals surface area contributed by atoms with Crippen molar-refractivity contribution in [1.82, 2.24) is 25.8 Å². The van der Waals surface area contributed by atoms with E-state index in [9.17, 15) is 19.2 Å². The molecule has 0 bridgehead atoms. The molecule has 2 fully saturated rings. The maximum Gasteiger partial charge on any atom is 0.257 e. The fourth-order valence-electron chi connectivity index (χ4n) is 9.19. The molecule has 14 nitrogen and oxygen atoms in total. The summed E-state index contributed by atoms with van der Waals surface area (Å²) in [6.07, 6.45) is 12.0. The van der Waals surface area contributed by atoms with E-state index in [0.717, 1.165) is 66.6 Å². The van der Waals surface area contributed by atoms with Gasteiger partial charge in [0.1, 0.15) is 18.1 Å². The van der Waals surface area contributed by atoms with E-state index in [1.54, 1.807) is 12.1 Å². The molecule has 0 spiro atoms. The molecule has 1 unspecified atom stereocenters. The van der Waals surface area contributed by atoms with Crippen LogP contribution in [0.1, 0.15) is 80.4 Å². The summed E-state index contributed by atoms with van der Waals surface area (Å²) in [7, 11) is 0. The number of carbonyl (C=O) groups excluding carboxylic acids is 4. The topological polar surface area (TPSA) is 170 Å². The fraction of sp³-hybridized carbons (Fsp3) is 0.520. The van der Waals surface area contributed by atoms with Crippen molar-refractivity contribution in [2.45, 2.75) is 82.0 Å². The molecule has 0 aliphatic carbocycles. The highest BCUT2D eigenvalue weighted by Crippen LogP contribution is 2.46. The molecule has 350 valence electrons. The van der Waals surface area contributed by atoms with Crippen LogP contribution in [0.2, 0.25) is 0 Å². The van der Waals surface area contributed by atoms with Crippen molar-refractivity contribution < 1.29 is 42.9 Å². The number of aromatic nitrogens is 1. The molecule has 5 heterocycles. The van der Waals surface area contributed by atoms with Gasteiger partial charge in [-0.05, 0) is 93.5 Å². The number of thioether (sulfide) groups is 1. The van der Waals surface area contributed by atoms with Crippen LogP contribution in [-0.4, -0.2) is 123 Å². The van der Waals surface area contributed by atoms with Crippen LogP contribution in [0.5, 0.6) is 11.5 Å². The Morgan fingerprint density at radius 1 is 0.938 bits per heavy atom. The number of benzene rings is 2. The first-order valence-electron chi connectivity index (χ1n) is 23.2. The summed E-state index contributed by atoms with van der Waals surface area (Å²) in [5.41, 5.74) is 5.01. The number of carbonyl (C=O) groups is 4. The van der Waals surface area contributed by atoms with E-state index in [0.29, 0.717) is 118 Å². The fourth-order valence-corrected chi connectivity index (χ4v) is 10.8. The Hall–Kier alpha value is -5.09. The number of aromatic amines is 1. The molecule has 0 saturated carbocycles. The zero-order valence-electron chi connectivity index (χ0n) is 37.9. The van der Waals surface area contributed by atoms with E-state index in [1.165, 1.54) is 5.56 Å². The Morgan fingerprint density at radius 2 is 1.68 bits per heavy atom. The van der Waals surface area contributed by atoms with Gasteiger partial charge in [0, 0.05) is 97.0 Å². The molecule has 4 aliphatic heterocycles. The second kappa shape index (κ2) is 23.4. The maximum atomic E-state index is 13.8. The first-order valence-corrected chi connectivity index (χ1v) is 24.2. The molecule has 4 aliphatic rings. The van der Waals surface area contributed by atoms with Crippen LogP contribution in [0, 0.1) is 5.92 Å². The average Bonchev–Trinajstić information content (AvgIpc) is 4.00. The molecule has 0 radical (unpaired) electrons. The molecule has 7 rings (SSSR count). The third kappa shape index (κ3) is 12.2. The smallest absolute Gasteiger partial charge is 0.257 e. The van der Waals surface area contributed by atoms with Crippen molar-refractivity contribution in [2.75, 3.05) is 78.2 Å². The summed E-state index contributed by atoms with van der Waals surface area (Å²) in [5.74, 6) is 2.63. The van der Waals surface area contributed by atoms with Gasteiger partial charge >= 0.3 is 0 Å². The van der Waals surface area contributed by atoms with E-state index in [-0.39, 0.29) is 30.1 Å². The third-order valence-electron chi connectivity index (χ3n) is 12.8. The van der Waals surface area contributed by atoms with Gasteiger partial charge in [-0.1, -0.05) is 31.2 Å². The normalized spacial score (nSPS) is 20.9. The van der Waals surface area contributed by atoms with Crippen LogP contribution >= 0.6 is 11.8 Å². The minimum absolute atomic E-state index is 0.0834. The number of nitrogens with zero attached hydrogens (tertiary/aromatic N) is 1. The lowest BCUT2D eigenvalue weighted by Crippen LogP contribution is -2.48. The minimum atomic E-state index is -0.468. The summed E-state index contributed by atoms with van der Waals surface area (Å²) in [6, 6.07) is 13.5. The van der Waals surface area contributed by atoms with E-state index in [1.807, 2.05) is 60.4 Å². The number of fused-ring (bicyclic) bond motifs is 6. The summed E-state index contributed by atoms with van der Waals surface area (Å²) < 4.78 is 28.6. The number of para-hydroxylation sites is 1. The number of Topliss-reactive ketones (excluding diaryl/α,β-unsaturated/α-hetero) is 1. The van der Waals surface area contributed by atoms with Crippen LogP contribution in [0.25, 0.3) is 10.9 Å². The summed E-state index contributed by atoms with van der Waals surface area (Å²) in [4.78, 5) is 56.1. The maximum absolute atomic E-state index is 13.8. The second-order valence-corrected chi connectivity index (χ2v) is 18.5. The number of ether oxygens (including phenoxy) is 5. The van der Waals surface area contributed by atoms with E-state index >= 15 is 0 Å². The average molecular weight is 912 g/mol. The summed E-state index contributed by atoms with van der Waals surface area (Å²) in [5, 5.41) is 10.5. The number of nitrogens with one attached hydrogen (secondary N) is 4. The standard InChI is InChI=1S/C50H65N5O9S/c1-4-21-63-43-12-6-5-11-38(43)48(59)35-28-34(2)50(3)49-37(17-20-55(50)31-35)39-29-36(15-16-41(39)54-49)64-32-47(58)52-19-10-23-61-25-27-62-26-24-60-22-9-18-51-45(56)14-8-7-13-44-40-30-46(57)53-42(40)33-65-44/h4-6,11-12,15-16,28-29,31,40,42,44,54H,1,7-10,13-14,17-27,30,32-33H2,2-3H3,(H,51,56)(H,52,58)(H,53,57)/t40-,42-,44-,50?/m0/s1. The van der Waals surface area contributed by atoms with Gasteiger partial charge in [-0.2, -0.15) is 11.8 Å². The quantitative estimate of drug-likeness (QED) is 0.0393. The van der Waals surface area contributed by atoms with Crippen LogP contribution in [0.3, 0.4) is 0 Å². The number of unbranched alkanes of at least 4 members (excludes halogenated alkanes) is 1. The Labute approximate surface area is 386 Å². The highest BCUT2D eigenvalue weighted by Gasteiger charge is 2.44. The van der Waals surface area contributed by atoms with Crippen molar-refractivity contribution in [3.05, 3.63) is 95.4 Å². The van der Waals surface area contributed by atoms with Gasteiger partial charge in [-0.3, -0.25) is 19.2 Å². The van der Waals surface area contributed by atoms with Crippen molar-refractivity contribution in [2.24, 2.45) is 5.92 Å². The monoisotopic (exact) mass is 911 g/mol. The molecule has 65 heavy (non-hydrogen) atoms. The molecule has 2 saturated heterocycles. The number of H-pyrrole nitrogens is 1.